The summed E-state index contributed by atoms with van der Waals surface area (Å²) in [7, 11) is 0. The lowest BCUT2D eigenvalue weighted by molar-refractivity contribution is 0.0928. The third kappa shape index (κ3) is 2.61. The van der Waals surface area contributed by atoms with E-state index < -0.39 is 0 Å². The van der Waals surface area contributed by atoms with Crippen LogP contribution in [0.4, 0.5) is 0 Å². The van der Waals surface area contributed by atoms with Gasteiger partial charge in [0.2, 0.25) is 5.56 Å². The summed E-state index contributed by atoms with van der Waals surface area (Å²) in [5.74, 6) is 0.242. The van der Waals surface area contributed by atoms with Crippen molar-refractivity contribution in [3.63, 3.8) is 0 Å². The molecule has 0 saturated heterocycles. The standard InChI is InChI=1S/C13H19N3O2/c1-8-5-12(17)15-7-10(8)13(18)16-11-4-2-3-9(11)6-14/h5,7,9,11H,2-4,6,14H2,1H3,(H,15,17)(H,16,18). The van der Waals surface area contributed by atoms with E-state index in [1.165, 1.54) is 12.3 Å². The van der Waals surface area contributed by atoms with Crippen LogP contribution < -0.4 is 16.6 Å². The molecular formula is C13H19N3O2. The number of aryl methyl sites for hydroxylation is 1. The molecule has 2 rings (SSSR count). The van der Waals surface area contributed by atoms with Crippen LogP contribution in [0.3, 0.4) is 0 Å². The molecule has 1 aliphatic carbocycles. The zero-order valence-corrected chi connectivity index (χ0v) is 10.5. The second-order valence-electron chi connectivity index (χ2n) is 4.90. The fraction of sp³-hybridized carbons (Fsp3) is 0.538. The number of hydrogen-bond acceptors (Lipinski definition) is 3. The minimum Gasteiger partial charge on any atom is -0.349 e. The molecule has 1 saturated carbocycles. The van der Waals surface area contributed by atoms with Crippen molar-refractivity contribution in [2.45, 2.75) is 32.2 Å². The zero-order chi connectivity index (χ0) is 13.1. The van der Waals surface area contributed by atoms with E-state index in [4.69, 9.17) is 5.73 Å². The lowest BCUT2D eigenvalue weighted by atomic mass is 10.0. The molecule has 98 valence electrons. The van der Waals surface area contributed by atoms with Gasteiger partial charge in [-0.15, -0.1) is 0 Å². The van der Waals surface area contributed by atoms with E-state index in [2.05, 4.69) is 10.3 Å². The third-order valence-corrected chi connectivity index (χ3v) is 3.65. The summed E-state index contributed by atoms with van der Waals surface area (Å²) in [5, 5.41) is 3.02. The lowest BCUT2D eigenvalue weighted by Gasteiger charge is -2.19. The molecule has 5 nitrogen and oxygen atoms in total. The fourth-order valence-electron chi connectivity index (χ4n) is 2.57. The fourth-order valence-corrected chi connectivity index (χ4v) is 2.57. The van der Waals surface area contributed by atoms with Crippen LogP contribution in [-0.4, -0.2) is 23.5 Å². The van der Waals surface area contributed by atoms with Gasteiger partial charge in [-0.05, 0) is 37.8 Å². The Hall–Kier alpha value is -1.62. The van der Waals surface area contributed by atoms with Gasteiger partial charge in [0.25, 0.3) is 5.91 Å². The van der Waals surface area contributed by atoms with Gasteiger partial charge in [0.05, 0.1) is 5.56 Å². The highest BCUT2D eigenvalue weighted by Crippen LogP contribution is 2.24. The van der Waals surface area contributed by atoms with E-state index in [0.717, 1.165) is 19.3 Å². The Labute approximate surface area is 106 Å². The van der Waals surface area contributed by atoms with Gasteiger partial charge in [-0.2, -0.15) is 0 Å². The third-order valence-electron chi connectivity index (χ3n) is 3.65. The highest BCUT2D eigenvalue weighted by atomic mass is 16.2. The Morgan fingerprint density at radius 2 is 2.33 bits per heavy atom. The van der Waals surface area contributed by atoms with Crippen molar-refractivity contribution in [2.24, 2.45) is 11.7 Å². The van der Waals surface area contributed by atoms with Crippen LogP contribution in [0.25, 0.3) is 0 Å². The first-order valence-corrected chi connectivity index (χ1v) is 6.32. The number of H-pyrrole nitrogens is 1. The van der Waals surface area contributed by atoms with Gasteiger partial charge in [0, 0.05) is 18.3 Å². The second-order valence-corrected chi connectivity index (χ2v) is 4.90. The number of nitrogens with two attached hydrogens (primary N) is 1. The Balaban J connectivity index is 2.10. The van der Waals surface area contributed by atoms with Gasteiger partial charge in [0.1, 0.15) is 0 Å². The maximum Gasteiger partial charge on any atom is 0.253 e. The molecule has 1 aromatic heterocycles. The predicted molar refractivity (Wildman–Crippen MR) is 69.4 cm³/mol. The first-order valence-electron chi connectivity index (χ1n) is 6.32. The number of amides is 1. The molecule has 1 heterocycles. The molecule has 1 aliphatic rings. The molecule has 0 radical (unpaired) electrons. The largest absolute Gasteiger partial charge is 0.349 e. The summed E-state index contributed by atoms with van der Waals surface area (Å²) in [6, 6.07) is 1.60. The number of aromatic nitrogens is 1. The minimum absolute atomic E-state index is 0.130. The number of rotatable bonds is 3. The number of aromatic amines is 1. The van der Waals surface area contributed by atoms with Crippen LogP contribution in [-0.2, 0) is 0 Å². The van der Waals surface area contributed by atoms with Crippen LogP contribution in [0, 0.1) is 12.8 Å². The maximum absolute atomic E-state index is 12.1. The summed E-state index contributed by atoms with van der Waals surface area (Å²) < 4.78 is 0. The van der Waals surface area contributed by atoms with Crippen LogP contribution in [0.2, 0.25) is 0 Å². The topological polar surface area (TPSA) is 88.0 Å². The monoisotopic (exact) mass is 249 g/mol. The molecule has 1 amide bonds. The summed E-state index contributed by atoms with van der Waals surface area (Å²) in [4.78, 5) is 25.8. The average Bonchev–Trinajstić information content (AvgIpc) is 2.76. The maximum atomic E-state index is 12.1. The lowest BCUT2D eigenvalue weighted by Crippen LogP contribution is -2.40. The van der Waals surface area contributed by atoms with E-state index >= 15 is 0 Å². The number of carbonyl (C=O) groups excluding carboxylic acids is 1. The van der Waals surface area contributed by atoms with Crippen molar-refractivity contribution in [3.8, 4) is 0 Å². The molecule has 2 atom stereocenters. The summed E-state index contributed by atoms with van der Waals surface area (Å²) in [6.45, 7) is 2.37. The smallest absolute Gasteiger partial charge is 0.253 e. The average molecular weight is 249 g/mol. The molecule has 4 N–H and O–H groups in total. The van der Waals surface area contributed by atoms with Crippen molar-refractivity contribution in [1.29, 1.82) is 0 Å². The number of pyridine rings is 1. The molecule has 1 fully saturated rings. The van der Waals surface area contributed by atoms with Crippen molar-refractivity contribution in [2.75, 3.05) is 6.54 Å². The van der Waals surface area contributed by atoms with Crippen LogP contribution in [0.5, 0.6) is 0 Å². The highest BCUT2D eigenvalue weighted by molar-refractivity contribution is 5.95. The highest BCUT2D eigenvalue weighted by Gasteiger charge is 2.27. The van der Waals surface area contributed by atoms with Crippen molar-refractivity contribution in [1.82, 2.24) is 10.3 Å². The molecule has 18 heavy (non-hydrogen) atoms. The molecule has 2 unspecified atom stereocenters. The van der Waals surface area contributed by atoms with Crippen LogP contribution in [0.1, 0.15) is 35.2 Å². The summed E-state index contributed by atoms with van der Waals surface area (Å²) >= 11 is 0. The number of nitrogens with one attached hydrogen (secondary N) is 2. The molecule has 0 aromatic carbocycles. The van der Waals surface area contributed by atoms with E-state index in [-0.39, 0.29) is 17.5 Å². The Bertz CT molecular complexity index is 495. The first kappa shape index (κ1) is 12.8. The molecule has 0 bridgehead atoms. The van der Waals surface area contributed by atoms with E-state index in [1.54, 1.807) is 6.92 Å². The van der Waals surface area contributed by atoms with E-state index in [0.29, 0.717) is 23.6 Å². The van der Waals surface area contributed by atoms with E-state index in [1.807, 2.05) is 0 Å². The van der Waals surface area contributed by atoms with Gasteiger partial charge in [-0.25, -0.2) is 0 Å². The molecular weight excluding hydrogens is 230 g/mol. The molecule has 0 aliphatic heterocycles. The van der Waals surface area contributed by atoms with Gasteiger partial charge >= 0.3 is 0 Å². The zero-order valence-electron chi connectivity index (χ0n) is 10.5. The van der Waals surface area contributed by atoms with Crippen molar-refractivity contribution < 1.29 is 4.79 Å². The molecule has 5 heteroatoms. The van der Waals surface area contributed by atoms with Gasteiger partial charge in [0.15, 0.2) is 0 Å². The number of carbonyl (C=O) groups is 1. The minimum atomic E-state index is -0.190. The predicted octanol–water partition coefficient (Wildman–Crippen LogP) is 0.541. The van der Waals surface area contributed by atoms with Crippen molar-refractivity contribution >= 4 is 5.91 Å². The summed E-state index contributed by atoms with van der Waals surface area (Å²) in [5.41, 5.74) is 6.72. The summed E-state index contributed by atoms with van der Waals surface area (Å²) in [6.07, 6.45) is 4.64. The van der Waals surface area contributed by atoms with Gasteiger partial charge in [-0.3, -0.25) is 9.59 Å². The van der Waals surface area contributed by atoms with Crippen LogP contribution in [0.15, 0.2) is 17.1 Å². The van der Waals surface area contributed by atoms with E-state index in [9.17, 15) is 9.59 Å². The Morgan fingerprint density at radius 3 is 3.00 bits per heavy atom. The van der Waals surface area contributed by atoms with Crippen LogP contribution >= 0.6 is 0 Å². The quantitative estimate of drug-likeness (QED) is 0.730. The Morgan fingerprint density at radius 1 is 1.56 bits per heavy atom. The normalized spacial score (nSPS) is 23.0. The molecule has 1 aromatic rings. The SMILES string of the molecule is Cc1cc(=O)[nH]cc1C(=O)NC1CCCC1CN. The molecule has 0 spiro atoms. The van der Waals surface area contributed by atoms with Gasteiger partial charge in [-0.1, -0.05) is 6.42 Å². The van der Waals surface area contributed by atoms with Gasteiger partial charge < -0.3 is 16.0 Å². The number of hydrogen-bond donors (Lipinski definition) is 3. The first-order chi connectivity index (χ1) is 8.61. The second kappa shape index (κ2) is 5.35. The Kier molecular flexibility index (Phi) is 3.81. The van der Waals surface area contributed by atoms with Crippen molar-refractivity contribution in [3.05, 3.63) is 33.7 Å².